The van der Waals surface area contributed by atoms with Gasteiger partial charge in [0.1, 0.15) is 5.75 Å². The highest BCUT2D eigenvalue weighted by molar-refractivity contribution is 9.10. The van der Waals surface area contributed by atoms with Gasteiger partial charge >= 0.3 is 0 Å². The standard InChI is InChI=1S/C17H18BrNO2/c1-11-6-4-9-15(16(11)18)17(20)19-12(2)13-7-5-8-14(10-13)21-3/h4-10,12H,1-3H3,(H,19,20). The summed E-state index contributed by atoms with van der Waals surface area (Å²) in [7, 11) is 1.63. The monoisotopic (exact) mass is 347 g/mol. The van der Waals surface area contributed by atoms with Gasteiger partial charge in [-0.1, -0.05) is 24.3 Å². The summed E-state index contributed by atoms with van der Waals surface area (Å²) in [6, 6.07) is 13.3. The van der Waals surface area contributed by atoms with Crippen LogP contribution < -0.4 is 10.1 Å². The van der Waals surface area contributed by atoms with Crippen LogP contribution in [0.4, 0.5) is 0 Å². The summed E-state index contributed by atoms with van der Waals surface area (Å²) in [6.45, 7) is 3.92. The molecule has 2 aromatic rings. The minimum Gasteiger partial charge on any atom is -0.497 e. The van der Waals surface area contributed by atoms with Crippen LogP contribution in [0.25, 0.3) is 0 Å². The van der Waals surface area contributed by atoms with Crippen LogP contribution in [0.5, 0.6) is 5.75 Å². The van der Waals surface area contributed by atoms with Crippen molar-refractivity contribution in [3.05, 3.63) is 63.6 Å². The van der Waals surface area contributed by atoms with E-state index in [-0.39, 0.29) is 11.9 Å². The van der Waals surface area contributed by atoms with Gasteiger partial charge in [-0.2, -0.15) is 0 Å². The number of hydrogen-bond acceptors (Lipinski definition) is 2. The van der Waals surface area contributed by atoms with Gasteiger partial charge in [-0.25, -0.2) is 0 Å². The van der Waals surface area contributed by atoms with Gasteiger partial charge in [0, 0.05) is 4.47 Å². The lowest BCUT2D eigenvalue weighted by Crippen LogP contribution is -2.27. The molecule has 0 saturated carbocycles. The molecule has 1 N–H and O–H groups in total. The van der Waals surface area contributed by atoms with E-state index in [0.717, 1.165) is 21.3 Å². The van der Waals surface area contributed by atoms with E-state index in [2.05, 4.69) is 21.2 Å². The quantitative estimate of drug-likeness (QED) is 0.897. The average molecular weight is 348 g/mol. The lowest BCUT2D eigenvalue weighted by molar-refractivity contribution is 0.0939. The second-order valence-corrected chi connectivity index (χ2v) is 5.70. The van der Waals surface area contributed by atoms with Crippen LogP contribution in [0.1, 0.15) is 34.5 Å². The number of benzene rings is 2. The van der Waals surface area contributed by atoms with Crippen LogP contribution in [0.15, 0.2) is 46.9 Å². The molecule has 0 saturated heterocycles. The van der Waals surface area contributed by atoms with Gasteiger partial charge in [0.05, 0.1) is 18.7 Å². The van der Waals surface area contributed by atoms with Crippen molar-refractivity contribution >= 4 is 21.8 Å². The fraction of sp³-hybridized carbons (Fsp3) is 0.235. The van der Waals surface area contributed by atoms with Crippen molar-refractivity contribution in [2.24, 2.45) is 0 Å². The second kappa shape index (κ2) is 6.76. The Labute approximate surface area is 133 Å². The van der Waals surface area contributed by atoms with E-state index in [1.807, 2.05) is 56.3 Å². The van der Waals surface area contributed by atoms with Crippen molar-refractivity contribution in [1.82, 2.24) is 5.32 Å². The van der Waals surface area contributed by atoms with Crippen LogP contribution in [0, 0.1) is 6.92 Å². The molecule has 21 heavy (non-hydrogen) atoms. The molecule has 2 rings (SSSR count). The summed E-state index contributed by atoms with van der Waals surface area (Å²) < 4.78 is 6.04. The van der Waals surface area contributed by atoms with Crippen LogP contribution >= 0.6 is 15.9 Å². The molecule has 4 heteroatoms. The largest absolute Gasteiger partial charge is 0.497 e. The third kappa shape index (κ3) is 3.64. The Morgan fingerprint density at radius 2 is 1.95 bits per heavy atom. The maximum absolute atomic E-state index is 12.4. The van der Waals surface area contributed by atoms with E-state index in [1.165, 1.54) is 0 Å². The normalized spacial score (nSPS) is 11.8. The van der Waals surface area contributed by atoms with E-state index in [4.69, 9.17) is 4.74 Å². The highest BCUT2D eigenvalue weighted by Crippen LogP contribution is 2.23. The first-order valence-electron chi connectivity index (χ1n) is 6.73. The number of carbonyl (C=O) groups is 1. The zero-order chi connectivity index (χ0) is 15.4. The zero-order valence-electron chi connectivity index (χ0n) is 12.3. The minimum atomic E-state index is -0.0972. The smallest absolute Gasteiger partial charge is 0.252 e. The van der Waals surface area contributed by atoms with Crippen LogP contribution in [0.2, 0.25) is 0 Å². The molecule has 1 unspecified atom stereocenters. The topological polar surface area (TPSA) is 38.3 Å². The highest BCUT2D eigenvalue weighted by Gasteiger charge is 2.15. The van der Waals surface area contributed by atoms with Gasteiger partial charge in [-0.15, -0.1) is 0 Å². The molecule has 0 aliphatic heterocycles. The van der Waals surface area contributed by atoms with Gasteiger partial charge < -0.3 is 10.1 Å². The molecule has 0 spiro atoms. The van der Waals surface area contributed by atoms with Crippen LogP contribution in [-0.4, -0.2) is 13.0 Å². The Bertz CT molecular complexity index is 655. The molecule has 1 amide bonds. The Morgan fingerprint density at radius 1 is 1.24 bits per heavy atom. The lowest BCUT2D eigenvalue weighted by atomic mass is 10.1. The maximum Gasteiger partial charge on any atom is 0.252 e. The first kappa shape index (κ1) is 15.6. The first-order valence-corrected chi connectivity index (χ1v) is 7.52. The summed E-state index contributed by atoms with van der Waals surface area (Å²) in [6.07, 6.45) is 0. The molecular weight excluding hydrogens is 330 g/mol. The van der Waals surface area contributed by atoms with Crippen molar-refractivity contribution in [3.8, 4) is 5.75 Å². The van der Waals surface area contributed by atoms with E-state index in [9.17, 15) is 4.79 Å². The van der Waals surface area contributed by atoms with Gasteiger partial charge in [-0.3, -0.25) is 4.79 Å². The molecule has 0 aliphatic carbocycles. The number of amides is 1. The predicted octanol–water partition coefficient (Wildman–Crippen LogP) is 4.26. The van der Waals surface area contributed by atoms with Gasteiger partial charge in [0.15, 0.2) is 0 Å². The molecule has 0 aromatic heterocycles. The van der Waals surface area contributed by atoms with Gasteiger partial charge in [0.25, 0.3) is 5.91 Å². The summed E-state index contributed by atoms with van der Waals surface area (Å²) in [5, 5.41) is 3.01. The average Bonchev–Trinajstić information content (AvgIpc) is 2.49. The van der Waals surface area contributed by atoms with E-state index in [1.54, 1.807) is 7.11 Å². The minimum absolute atomic E-state index is 0.0964. The number of aryl methyl sites for hydroxylation is 1. The lowest BCUT2D eigenvalue weighted by Gasteiger charge is -2.16. The predicted molar refractivity (Wildman–Crippen MR) is 87.8 cm³/mol. The molecular formula is C17H18BrNO2. The zero-order valence-corrected chi connectivity index (χ0v) is 13.9. The Balaban J connectivity index is 2.16. The molecule has 0 bridgehead atoms. The molecule has 110 valence electrons. The van der Waals surface area contributed by atoms with Crippen LogP contribution in [0.3, 0.4) is 0 Å². The maximum atomic E-state index is 12.4. The summed E-state index contributed by atoms with van der Waals surface area (Å²) in [4.78, 5) is 12.4. The number of methoxy groups -OCH3 is 1. The Hall–Kier alpha value is -1.81. The van der Waals surface area contributed by atoms with E-state index in [0.29, 0.717) is 5.56 Å². The summed E-state index contributed by atoms with van der Waals surface area (Å²) in [5.74, 6) is 0.686. The molecule has 1 atom stereocenters. The number of nitrogens with one attached hydrogen (secondary N) is 1. The van der Waals surface area contributed by atoms with Crippen LogP contribution in [-0.2, 0) is 0 Å². The highest BCUT2D eigenvalue weighted by atomic mass is 79.9. The van der Waals surface area contributed by atoms with Crippen molar-refractivity contribution in [2.75, 3.05) is 7.11 Å². The van der Waals surface area contributed by atoms with Gasteiger partial charge in [-0.05, 0) is 59.1 Å². The Morgan fingerprint density at radius 3 is 2.67 bits per heavy atom. The number of rotatable bonds is 4. The fourth-order valence-corrected chi connectivity index (χ4v) is 2.54. The van der Waals surface area contributed by atoms with Crippen molar-refractivity contribution in [1.29, 1.82) is 0 Å². The molecule has 0 fully saturated rings. The SMILES string of the molecule is COc1cccc(C(C)NC(=O)c2cccc(C)c2Br)c1. The van der Waals surface area contributed by atoms with E-state index < -0.39 is 0 Å². The van der Waals surface area contributed by atoms with E-state index >= 15 is 0 Å². The number of halogens is 1. The molecule has 0 radical (unpaired) electrons. The summed E-state index contributed by atoms with van der Waals surface area (Å²) in [5.41, 5.74) is 2.69. The van der Waals surface area contributed by atoms with Gasteiger partial charge in [0.2, 0.25) is 0 Å². The number of ether oxygens (including phenoxy) is 1. The molecule has 3 nitrogen and oxygen atoms in total. The third-order valence-corrected chi connectivity index (χ3v) is 4.43. The number of hydrogen-bond donors (Lipinski definition) is 1. The molecule has 2 aromatic carbocycles. The number of carbonyl (C=O) groups excluding carboxylic acids is 1. The first-order chi connectivity index (χ1) is 10.0. The summed E-state index contributed by atoms with van der Waals surface area (Å²) >= 11 is 3.47. The van der Waals surface area contributed by atoms with Crippen molar-refractivity contribution in [3.63, 3.8) is 0 Å². The molecule has 0 heterocycles. The fourth-order valence-electron chi connectivity index (χ4n) is 2.09. The third-order valence-electron chi connectivity index (χ3n) is 3.38. The Kier molecular flexibility index (Phi) is 5.02. The second-order valence-electron chi connectivity index (χ2n) is 4.91. The molecule has 0 aliphatic rings. The van der Waals surface area contributed by atoms with Crippen molar-refractivity contribution in [2.45, 2.75) is 19.9 Å². The van der Waals surface area contributed by atoms with Crippen molar-refractivity contribution < 1.29 is 9.53 Å².